The number of sulfonamides is 1. The van der Waals surface area contributed by atoms with Gasteiger partial charge < -0.3 is 0 Å². The number of halogens is 3. The maximum Gasteiger partial charge on any atom is 0.271 e. The fraction of sp³-hybridized carbons (Fsp3) is 0. The molecule has 3 nitrogen and oxygen atoms in total. The predicted molar refractivity (Wildman–Crippen MR) is 74.2 cm³/mol. The lowest BCUT2D eigenvalue weighted by molar-refractivity contribution is 0.603. The van der Waals surface area contributed by atoms with Crippen LogP contribution in [0.2, 0.25) is 5.02 Å². The first-order valence-corrected chi connectivity index (χ1v) is 8.09. The zero-order valence-electron chi connectivity index (χ0n) is 8.65. The van der Waals surface area contributed by atoms with Crippen molar-refractivity contribution in [3.63, 3.8) is 0 Å². The van der Waals surface area contributed by atoms with Crippen molar-refractivity contribution in [1.82, 2.24) is 0 Å². The first-order valence-electron chi connectivity index (χ1n) is 4.62. The molecule has 0 radical (unpaired) electrons. The van der Waals surface area contributed by atoms with Crippen LogP contribution < -0.4 is 4.72 Å². The molecule has 0 bridgehead atoms. The molecule has 0 amide bonds. The van der Waals surface area contributed by atoms with E-state index in [1.165, 1.54) is 24.3 Å². The Kier molecular flexibility index (Phi) is 3.96. The summed E-state index contributed by atoms with van der Waals surface area (Å²) in [6.07, 6.45) is 0. The summed E-state index contributed by atoms with van der Waals surface area (Å²) in [7, 11) is -3.74. The van der Waals surface area contributed by atoms with Gasteiger partial charge in [-0.15, -0.1) is 11.3 Å². The Morgan fingerprint density at radius 3 is 2.61 bits per heavy atom. The third kappa shape index (κ3) is 3.03. The van der Waals surface area contributed by atoms with Gasteiger partial charge in [0.1, 0.15) is 10.0 Å². The summed E-state index contributed by atoms with van der Waals surface area (Å²) >= 11 is 9.90. The Morgan fingerprint density at radius 1 is 1.33 bits per heavy atom. The van der Waals surface area contributed by atoms with E-state index in [-0.39, 0.29) is 9.90 Å². The van der Waals surface area contributed by atoms with Crippen molar-refractivity contribution < 1.29 is 12.8 Å². The molecular weight excluding hydrogens is 365 g/mol. The van der Waals surface area contributed by atoms with Crippen LogP contribution in [0.3, 0.4) is 0 Å². The molecule has 0 spiro atoms. The highest BCUT2D eigenvalue weighted by molar-refractivity contribution is 9.11. The average Bonchev–Trinajstić information content (AvgIpc) is 2.59. The maximum atomic E-state index is 13.0. The Balaban J connectivity index is 2.33. The van der Waals surface area contributed by atoms with E-state index < -0.39 is 15.8 Å². The number of anilines is 1. The second-order valence-electron chi connectivity index (χ2n) is 3.30. The van der Waals surface area contributed by atoms with Gasteiger partial charge in [0.2, 0.25) is 0 Å². The summed E-state index contributed by atoms with van der Waals surface area (Å²) in [5, 5.41) is 0.319. The molecule has 1 aromatic carbocycles. The highest BCUT2D eigenvalue weighted by Crippen LogP contribution is 2.35. The number of benzene rings is 1. The lowest BCUT2D eigenvalue weighted by Gasteiger charge is -2.05. The van der Waals surface area contributed by atoms with E-state index in [0.717, 1.165) is 17.4 Å². The minimum Gasteiger partial charge on any atom is -0.279 e. The monoisotopic (exact) mass is 369 g/mol. The lowest BCUT2D eigenvalue weighted by atomic mass is 10.3. The van der Waals surface area contributed by atoms with Gasteiger partial charge in [-0.25, -0.2) is 12.8 Å². The van der Waals surface area contributed by atoms with Crippen LogP contribution in [0.5, 0.6) is 0 Å². The van der Waals surface area contributed by atoms with Crippen molar-refractivity contribution >= 4 is 54.6 Å². The standard InChI is InChI=1S/C10H6BrClFNO2S2/c11-10-8(12)5-9(17-10)18(15,16)14-7-3-1-2-6(13)4-7/h1-5,14H. The van der Waals surface area contributed by atoms with Crippen molar-refractivity contribution in [2.75, 3.05) is 4.72 Å². The number of rotatable bonds is 3. The summed E-state index contributed by atoms with van der Waals surface area (Å²) in [5.41, 5.74) is 0.163. The molecular formula is C10H6BrClFNO2S2. The minimum atomic E-state index is -3.74. The van der Waals surface area contributed by atoms with Crippen molar-refractivity contribution in [2.45, 2.75) is 4.21 Å². The summed E-state index contributed by atoms with van der Waals surface area (Å²) < 4.78 is 39.8. The zero-order valence-corrected chi connectivity index (χ0v) is 12.6. The summed E-state index contributed by atoms with van der Waals surface area (Å²) in [5.74, 6) is -0.513. The van der Waals surface area contributed by atoms with E-state index in [1.54, 1.807) is 0 Å². The summed E-state index contributed by atoms with van der Waals surface area (Å²) in [6.45, 7) is 0. The first-order chi connectivity index (χ1) is 8.38. The molecule has 1 N–H and O–H groups in total. The number of hydrogen-bond acceptors (Lipinski definition) is 3. The Hall–Kier alpha value is -0.630. The third-order valence-electron chi connectivity index (χ3n) is 1.96. The normalized spacial score (nSPS) is 11.5. The summed E-state index contributed by atoms with van der Waals surface area (Å²) in [6, 6.07) is 6.55. The van der Waals surface area contributed by atoms with Crippen molar-refractivity contribution in [3.8, 4) is 0 Å². The number of hydrogen-bond donors (Lipinski definition) is 1. The second-order valence-corrected chi connectivity index (χ2v) is 7.99. The van der Waals surface area contributed by atoms with Crippen molar-refractivity contribution in [3.05, 3.63) is 45.0 Å². The summed E-state index contributed by atoms with van der Waals surface area (Å²) in [4.78, 5) is 0. The fourth-order valence-electron chi connectivity index (χ4n) is 1.22. The molecule has 18 heavy (non-hydrogen) atoms. The average molecular weight is 371 g/mol. The highest BCUT2D eigenvalue weighted by atomic mass is 79.9. The topological polar surface area (TPSA) is 46.2 Å². The molecule has 8 heteroatoms. The highest BCUT2D eigenvalue weighted by Gasteiger charge is 2.19. The number of nitrogens with one attached hydrogen (secondary N) is 1. The molecule has 0 fully saturated rings. The molecule has 1 heterocycles. The molecule has 0 aliphatic carbocycles. The number of thiophene rings is 1. The van der Waals surface area contributed by atoms with Crippen LogP contribution in [-0.4, -0.2) is 8.42 Å². The van der Waals surface area contributed by atoms with Crippen LogP contribution in [0.15, 0.2) is 38.3 Å². The minimum absolute atomic E-state index is 0.0589. The van der Waals surface area contributed by atoms with Crippen LogP contribution in [0.1, 0.15) is 0 Å². The van der Waals surface area contributed by atoms with Gasteiger partial charge in [0, 0.05) is 0 Å². The molecule has 0 aliphatic heterocycles. The van der Waals surface area contributed by atoms with Gasteiger partial charge in [-0.1, -0.05) is 17.7 Å². The lowest BCUT2D eigenvalue weighted by Crippen LogP contribution is -2.11. The van der Waals surface area contributed by atoms with Crippen LogP contribution in [-0.2, 0) is 10.0 Å². The van der Waals surface area contributed by atoms with Crippen LogP contribution in [0.25, 0.3) is 0 Å². The smallest absolute Gasteiger partial charge is 0.271 e. The molecule has 2 aromatic rings. The molecule has 96 valence electrons. The van der Waals surface area contributed by atoms with Gasteiger partial charge in [0.15, 0.2) is 0 Å². The maximum absolute atomic E-state index is 13.0. The van der Waals surface area contributed by atoms with E-state index >= 15 is 0 Å². The fourth-order valence-corrected chi connectivity index (χ4v) is 4.66. The van der Waals surface area contributed by atoms with Gasteiger partial charge in [0.25, 0.3) is 10.0 Å². The largest absolute Gasteiger partial charge is 0.279 e. The SMILES string of the molecule is O=S(=O)(Nc1cccc(F)c1)c1cc(Cl)c(Br)s1. The second kappa shape index (κ2) is 5.16. The van der Waals surface area contributed by atoms with E-state index in [4.69, 9.17) is 11.6 Å². The van der Waals surface area contributed by atoms with Gasteiger partial charge in [-0.3, -0.25) is 4.72 Å². The molecule has 0 atom stereocenters. The van der Waals surface area contributed by atoms with Gasteiger partial charge in [-0.05, 0) is 40.2 Å². The van der Waals surface area contributed by atoms with Gasteiger partial charge in [-0.2, -0.15) is 0 Å². The Morgan fingerprint density at radius 2 is 2.06 bits per heavy atom. The van der Waals surface area contributed by atoms with E-state index in [1.807, 2.05) is 0 Å². The van der Waals surface area contributed by atoms with E-state index in [0.29, 0.717) is 8.81 Å². The molecule has 2 rings (SSSR count). The van der Waals surface area contributed by atoms with Crippen LogP contribution in [0, 0.1) is 5.82 Å². The molecule has 0 unspecified atom stereocenters. The molecule has 1 aromatic heterocycles. The van der Waals surface area contributed by atoms with Gasteiger partial charge >= 0.3 is 0 Å². The van der Waals surface area contributed by atoms with E-state index in [9.17, 15) is 12.8 Å². The Labute approximate surface area is 121 Å². The first kappa shape index (κ1) is 13.8. The van der Waals surface area contributed by atoms with Gasteiger partial charge in [0.05, 0.1) is 14.5 Å². The van der Waals surface area contributed by atoms with Crippen molar-refractivity contribution in [2.24, 2.45) is 0 Å². The molecule has 0 aliphatic rings. The zero-order chi connectivity index (χ0) is 13.3. The molecule has 0 saturated heterocycles. The third-order valence-corrected chi connectivity index (χ3v) is 6.29. The predicted octanol–water partition coefficient (Wildman–Crippen LogP) is 4.10. The Bertz CT molecular complexity index is 667. The van der Waals surface area contributed by atoms with E-state index in [2.05, 4.69) is 20.7 Å². The molecule has 0 saturated carbocycles. The van der Waals surface area contributed by atoms with Crippen molar-refractivity contribution in [1.29, 1.82) is 0 Å². The van der Waals surface area contributed by atoms with Crippen LogP contribution >= 0.6 is 38.9 Å². The van der Waals surface area contributed by atoms with Crippen LogP contribution in [0.4, 0.5) is 10.1 Å². The quantitative estimate of drug-likeness (QED) is 0.884.